The van der Waals surface area contributed by atoms with E-state index in [2.05, 4.69) is 115 Å². The van der Waals surface area contributed by atoms with Crippen molar-refractivity contribution in [3.8, 4) is 11.1 Å². The molecule has 0 N–H and O–H groups in total. The minimum Gasteiger partial charge on any atom is -0.225 e. The minimum absolute atomic E-state index is 0. The van der Waals surface area contributed by atoms with Gasteiger partial charge in [0.15, 0.2) is 0 Å². The van der Waals surface area contributed by atoms with Crippen LogP contribution in [0.4, 0.5) is 0 Å². The van der Waals surface area contributed by atoms with E-state index in [0.717, 1.165) is 11.1 Å². The van der Waals surface area contributed by atoms with Gasteiger partial charge in [-0.1, -0.05) is 54.6 Å². The third kappa shape index (κ3) is 3.46. The molecule has 7 aromatic carbocycles. The first-order chi connectivity index (χ1) is 15.8. The zero-order chi connectivity index (χ0) is 21.1. The Balaban J connectivity index is 0.00000206. The topological polar surface area (TPSA) is 0 Å². The Hall–Kier alpha value is -3.06. The molecular formula is C32H18Y-2. The maximum atomic E-state index is 3.51. The third-order valence-corrected chi connectivity index (χ3v) is 6.54. The molecule has 0 saturated heterocycles. The molecule has 0 aliphatic rings. The van der Waals surface area contributed by atoms with Gasteiger partial charge in [0.25, 0.3) is 0 Å². The summed E-state index contributed by atoms with van der Waals surface area (Å²) in [5.41, 5.74) is 2.19. The molecule has 0 unspecified atom stereocenters. The molecule has 0 spiro atoms. The van der Waals surface area contributed by atoms with Crippen molar-refractivity contribution in [1.82, 2.24) is 0 Å². The van der Waals surface area contributed by atoms with Crippen LogP contribution >= 0.6 is 0 Å². The normalized spacial score (nSPS) is 11.4. The van der Waals surface area contributed by atoms with Crippen LogP contribution in [-0.4, -0.2) is 0 Å². The van der Waals surface area contributed by atoms with Gasteiger partial charge in [0.1, 0.15) is 0 Å². The second kappa shape index (κ2) is 8.06. The molecule has 0 bridgehead atoms. The average Bonchev–Trinajstić information content (AvgIpc) is 2.84. The summed E-state index contributed by atoms with van der Waals surface area (Å²) in [5.74, 6) is 0. The third-order valence-electron chi connectivity index (χ3n) is 6.54. The fraction of sp³-hybridized carbons (Fsp3) is 0. The number of benzene rings is 7. The molecule has 0 heterocycles. The van der Waals surface area contributed by atoms with Gasteiger partial charge in [0.05, 0.1) is 0 Å². The molecule has 0 amide bonds. The van der Waals surface area contributed by atoms with E-state index in [0.29, 0.717) is 0 Å². The monoisotopic (exact) mass is 491 g/mol. The summed E-state index contributed by atoms with van der Waals surface area (Å²) >= 11 is 0. The summed E-state index contributed by atoms with van der Waals surface area (Å²) in [6.45, 7) is 0. The van der Waals surface area contributed by atoms with Gasteiger partial charge in [-0.2, -0.15) is 24.3 Å². The van der Waals surface area contributed by atoms with Crippen molar-refractivity contribution in [2.24, 2.45) is 0 Å². The van der Waals surface area contributed by atoms with Crippen LogP contribution in [0.3, 0.4) is 0 Å². The summed E-state index contributed by atoms with van der Waals surface area (Å²) in [6.07, 6.45) is 0. The molecule has 0 aromatic heterocycles. The zero-order valence-electron chi connectivity index (χ0n) is 18.0. The van der Waals surface area contributed by atoms with E-state index in [9.17, 15) is 0 Å². The van der Waals surface area contributed by atoms with Gasteiger partial charge < -0.3 is 0 Å². The molecule has 0 saturated carbocycles. The fourth-order valence-electron chi connectivity index (χ4n) is 4.91. The number of hydrogen-bond donors (Lipinski definition) is 0. The predicted molar refractivity (Wildman–Crippen MR) is 137 cm³/mol. The second-order valence-electron chi connectivity index (χ2n) is 8.51. The number of rotatable bonds is 1. The van der Waals surface area contributed by atoms with Crippen LogP contribution in [0.15, 0.2) is 109 Å². The van der Waals surface area contributed by atoms with Crippen molar-refractivity contribution >= 4 is 53.9 Å². The smallest absolute Gasteiger partial charge is 0 e. The molecular weight excluding hydrogens is 473 g/mol. The van der Waals surface area contributed by atoms with E-state index < -0.39 is 0 Å². The SMILES string of the molecule is [Y].[c-]1cc2cc3cc4cc5ccccc5cc4cc3cc2cc1-c1[c-]ccc2ccccc12. The van der Waals surface area contributed by atoms with Crippen molar-refractivity contribution in [3.63, 3.8) is 0 Å². The Labute approximate surface area is 217 Å². The van der Waals surface area contributed by atoms with Gasteiger partial charge in [-0.15, -0.1) is 39.7 Å². The van der Waals surface area contributed by atoms with Gasteiger partial charge in [-0.3, -0.25) is 0 Å². The first-order valence-corrected chi connectivity index (χ1v) is 10.9. The van der Waals surface area contributed by atoms with Crippen molar-refractivity contribution < 1.29 is 32.7 Å². The van der Waals surface area contributed by atoms with Crippen molar-refractivity contribution in [1.29, 1.82) is 0 Å². The van der Waals surface area contributed by atoms with Crippen LogP contribution in [0.25, 0.3) is 65.0 Å². The summed E-state index contributed by atoms with van der Waals surface area (Å²) in [5, 5.41) is 12.5. The molecule has 1 heteroatoms. The molecule has 0 nitrogen and oxygen atoms in total. The van der Waals surface area contributed by atoms with Crippen LogP contribution in [-0.2, 0) is 32.7 Å². The molecule has 0 fully saturated rings. The molecule has 0 atom stereocenters. The average molecular weight is 491 g/mol. The van der Waals surface area contributed by atoms with Crippen molar-refractivity contribution in [3.05, 3.63) is 121 Å². The van der Waals surface area contributed by atoms with Crippen LogP contribution < -0.4 is 0 Å². The Kier molecular flexibility index (Phi) is 5.02. The van der Waals surface area contributed by atoms with Gasteiger partial charge in [0, 0.05) is 32.7 Å². The minimum atomic E-state index is 0. The summed E-state index contributed by atoms with van der Waals surface area (Å²) in [7, 11) is 0. The van der Waals surface area contributed by atoms with Crippen LogP contribution in [0.5, 0.6) is 0 Å². The summed E-state index contributed by atoms with van der Waals surface area (Å²) in [6, 6.07) is 46.3. The molecule has 7 rings (SSSR count). The predicted octanol–water partition coefficient (Wildman–Crippen LogP) is 8.72. The van der Waals surface area contributed by atoms with E-state index in [1.54, 1.807) is 0 Å². The van der Waals surface area contributed by atoms with E-state index in [-0.39, 0.29) is 32.7 Å². The van der Waals surface area contributed by atoms with Crippen molar-refractivity contribution in [2.45, 2.75) is 0 Å². The van der Waals surface area contributed by atoms with Crippen molar-refractivity contribution in [2.75, 3.05) is 0 Å². The van der Waals surface area contributed by atoms with Crippen LogP contribution in [0.2, 0.25) is 0 Å². The van der Waals surface area contributed by atoms with E-state index >= 15 is 0 Å². The van der Waals surface area contributed by atoms with E-state index in [1.165, 1.54) is 53.9 Å². The molecule has 0 aliphatic heterocycles. The van der Waals surface area contributed by atoms with Crippen LogP contribution in [0.1, 0.15) is 0 Å². The molecule has 151 valence electrons. The first kappa shape index (κ1) is 20.5. The summed E-state index contributed by atoms with van der Waals surface area (Å²) in [4.78, 5) is 0. The van der Waals surface area contributed by atoms with Gasteiger partial charge >= 0.3 is 0 Å². The Morgan fingerprint density at radius 2 is 0.939 bits per heavy atom. The standard InChI is InChI=1S/C32H18.Y/c1-2-8-23-15-28-20-30-18-26-17-25(32-11-5-9-21-6-3-4-10-31(21)32)13-12-24(26)16-29(30)19-27(28)14-22(23)7-1;/h1-10,12,14-20H;/q-2;. The molecule has 1 radical (unpaired) electrons. The largest absolute Gasteiger partial charge is 0.225 e. The zero-order valence-corrected chi connectivity index (χ0v) is 20.8. The number of fused-ring (bicyclic) bond motifs is 5. The van der Waals surface area contributed by atoms with Gasteiger partial charge in [0.2, 0.25) is 0 Å². The van der Waals surface area contributed by atoms with E-state index in [4.69, 9.17) is 0 Å². The van der Waals surface area contributed by atoms with Gasteiger partial charge in [-0.25, -0.2) is 11.1 Å². The quantitative estimate of drug-likeness (QED) is 0.159. The Morgan fingerprint density at radius 3 is 1.61 bits per heavy atom. The molecule has 33 heavy (non-hydrogen) atoms. The van der Waals surface area contributed by atoms with Crippen LogP contribution in [0, 0.1) is 12.1 Å². The van der Waals surface area contributed by atoms with Gasteiger partial charge in [-0.05, 0) is 56.6 Å². The summed E-state index contributed by atoms with van der Waals surface area (Å²) < 4.78 is 0. The second-order valence-corrected chi connectivity index (χ2v) is 8.51. The molecule has 7 aromatic rings. The molecule has 0 aliphatic carbocycles. The maximum Gasteiger partial charge on any atom is 0 e. The maximum absolute atomic E-state index is 3.51. The first-order valence-electron chi connectivity index (χ1n) is 10.9. The van der Waals surface area contributed by atoms with E-state index in [1.807, 2.05) is 6.07 Å². The fourth-order valence-corrected chi connectivity index (χ4v) is 4.91. The Morgan fingerprint density at radius 1 is 0.424 bits per heavy atom. The Bertz CT molecular complexity index is 1820. The number of hydrogen-bond acceptors (Lipinski definition) is 0.